The zero-order valence-electron chi connectivity index (χ0n) is 14.1. The zero-order valence-corrected chi connectivity index (χ0v) is 14.8. The summed E-state index contributed by atoms with van der Waals surface area (Å²) in [4.78, 5) is 13.2. The fraction of sp³-hybridized carbons (Fsp3) is 0.211. The molecule has 0 spiro atoms. The highest BCUT2D eigenvalue weighted by Crippen LogP contribution is 2.25. The number of rotatable bonds is 5. The van der Waals surface area contributed by atoms with Crippen molar-refractivity contribution in [2.24, 2.45) is 0 Å². The molecule has 1 atom stereocenters. The largest absolute Gasteiger partial charge is 0.387 e. The molecule has 0 aliphatic carbocycles. The van der Waals surface area contributed by atoms with E-state index in [0.29, 0.717) is 28.8 Å². The summed E-state index contributed by atoms with van der Waals surface area (Å²) in [5.41, 5.74) is 3.42. The topological polar surface area (TPSA) is 70.9 Å². The average Bonchev–Trinajstić information content (AvgIpc) is 2.63. The summed E-state index contributed by atoms with van der Waals surface area (Å²) < 4.78 is 0. The van der Waals surface area contributed by atoms with Gasteiger partial charge < -0.3 is 10.4 Å². The molecule has 0 bridgehead atoms. The Labute approximate surface area is 151 Å². The maximum absolute atomic E-state index is 10.4. The first kappa shape index (κ1) is 17.3. The highest BCUT2D eigenvalue weighted by atomic mass is 35.5. The van der Waals surface area contributed by atoms with Gasteiger partial charge in [-0.1, -0.05) is 29.8 Å². The van der Waals surface area contributed by atoms with E-state index in [1.54, 1.807) is 18.5 Å². The SMILES string of the molecule is Cc1nc(-c2ccncc2)nc(NCC(O)c2ccccc2Cl)c1C. The molecule has 128 valence electrons. The number of hydrogen-bond donors (Lipinski definition) is 2. The van der Waals surface area contributed by atoms with E-state index in [9.17, 15) is 5.11 Å². The third kappa shape index (κ3) is 3.95. The van der Waals surface area contributed by atoms with Crippen molar-refractivity contribution >= 4 is 17.4 Å². The van der Waals surface area contributed by atoms with E-state index in [-0.39, 0.29) is 0 Å². The maximum Gasteiger partial charge on any atom is 0.161 e. The van der Waals surface area contributed by atoms with Gasteiger partial charge in [-0.25, -0.2) is 9.97 Å². The molecular formula is C19H19ClN4O. The fourth-order valence-corrected chi connectivity index (χ4v) is 2.74. The quantitative estimate of drug-likeness (QED) is 0.725. The Morgan fingerprint density at radius 3 is 2.52 bits per heavy atom. The van der Waals surface area contributed by atoms with E-state index < -0.39 is 6.10 Å². The third-order valence-corrected chi connectivity index (χ3v) is 4.40. The number of aryl methyl sites for hydroxylation is 1. The molecule has 0 fully saturated rings. The van der Waals surface area contributed by atoms with Crippen LogP contribution in [0.4, 0.5) is 5.82 Å². The van der Waals surface area contributed by atoms with Gasteiger partial charge in [0.2, 0.25) is 0 Å². The Balaban J connectivity index is 1.83. The van der Waals surface area contributed by atoms with Gasteiger partial charge in [-0.15, -0.1) is 0 Å². The number of nitrogens with zero attached hydrogens (tertiary/aromatic N) is 3. The Kier molecular flexibility index (Phi) is 5.26. The standard InChI is InChI=1S/C19H19ClN4O/c1-12-13(2)23-19(14-7-9-21-10-8-14)24-18(12)22-11-17(25)15-5-3-4-6-16(15)20/h3-10,17,25H,11H2,1-2H3,(H,22,23,24). The number of pyridine rings is 1. The summed E-state index contributed by atoms with van der Waals surface area (Å²) in [6.45, 7) is 4.20. The van der Waals surface area contributed by atoms with E-state index in [0.717, 1.165) is 16.8 Å². The summed E-state index contributed by atoms with van der Waals surface area (Å²) in [5.74, 6) is 1.32. The third-order valence-electron chi connectivity index (χ3n) is 4.05. The van der Waals surface area contributed by atoms with E-state index in [2.05, 4.69) is 20.3 Å². The molecule has 0 aliphatic heterocycles. The van der Waals surface area contributed by atoms with Crippen molar-refractivity contribution < 1.29 is 5.11 Å². The Morgan fingerprint density at radius 2 is 1.80 bits per heavy atom. The molecule has 5 nitrogen and oxygen atoms in total. The van der Waals surface area contributed by atoms with Crippen LogP contribution in [0.5, 0.6) is 0 Å². The van der Waals surface area contributed by atoms with Gasteiger partial charge in [0.1, 0.15) is 5.82 Å². The number of hydrogen-bond acceptors (Lipinski definition) is 5. The predicted molar refractivity (Wildman–Crippen MR) is 99.6 cm³/mol. The van der Waals surface area contributed by atoms with Gasteiger partial charge in [-0.2, -0.15) is 0 Å². The number of benzene rings is 1. The number of aromatic nitrogens is 3. The molecule has 0 saturated heterocycles. The number of aliphatic hydroxyl groups is 1. The smallest absolute Gasteiger partial charge is 0.161 e. The summed E-state index contributed by atoms with van der Waals surface area (Å²) >= 11 is 6.14. The minimum Gasteiger partial charge on any atom is -0.387 e. The Hall–Kier alpha value is -2.50. The minimum atomic E-state index is -0.729. The summed E-state index contributed by atoms with van der Waals surface area (Å²) in [7, 11) is 0. The van der Waals surface area contributed by atoms with Gasteiger partial charge in [0.05, 0.1) is 6.10 Å². The van der Waals surface area contributed by atoms with Crippen LogP contribution in [-0.4, -0.2) is 26.6 Å². The maximum atomic E-state index is 10.4. The van der Waals surface area contributed by atoms with Crippen LogP contribution in [0.3, 0.4) is 0 Å². The van der Waals surface area contributed by atoms with Crippen molar-refractivity contribution in [2.75, 3.05) is 11.9 Å². The van der Waals surface area contributed by atoms with E-state index >= 15 is 0 Å². The summed E-state index contributed by atoms with van der Waals surface area (Å²) in [6.07, 6.45) is 2.69. The second kappa shape index (κ2) is 7.59. The van der Waals surface area contributed by atoms with Gasteiger partial charge >= 0.3 is 0 Å². The van der Waals surface area contributed by atoms with Crippen molar-refractivity contribution in [1.82, 2.24) is 15.0 Å². The van der Waals surface area contributed by atoms with E-state index in [4.69, 9.17) is 11.6 Å². The van der Waals surface area contributed by atoms with Crippen LogP contribution < -0.4 is 5.32 Å². The molecule has 2 aromatic heterocycles. The summed E-state index contributed by atoms with van der Waals surface area (Å²) in [6, 6.07) is 11.0. The predicted octanol–water partition coefficient (Wildman–Crippen LogP) is 3.95. The van der Waals surface area contributed by atoms with Gasteiger partial charge in [0.25, 0.3) is 0 Å². The number of anilines is 1. The molecule has 2 N–H and O–H groups in total. The number of nitrogens with one attached hydrogen (secondary N) is 1. The van der Waals surface area contributed by atoms with E-state index in [1.165, 1.54) is 0 Å². The van der Waals surface area contributed by atoms with Crippen LogP contribution in [0.2, 0.25) is 5.02 Å². The lowest BCUT2D eigenvalue weighted by Gasteiger charge is -2.16. The first-order chi connectivity index (χ1) is 12.1. The molecule has 0 saturated carbocycles. The van der Waals surface area contributed by atoms with Crippen molar-refractivity contribution in [1.29, 1.82) is 0 Å². The number of halogens is 1. The molecule has 1 unspecified atom stereocenters. The van der Waals surface area contributed by atoms with Gasteiger partial charge in [0, 0.05) is 46.3 Å². The van der Waals surface area contributed by atoms with Crippen molar-refractivity contribution in [3.05, 3.63) is 70.6 Å². The van der Waals surface area contributed by atoms with Crippen molar-refractivity contribution in [3.8, 4) is 11.4 Å². The molecule has 25 heavy (non-hydrogen) atoms. The molecule has 6 heteroatoms. The highest BCUT2D eigenvalue weighted by molar-refractivity contribution is 6.31. The first-order valence-corrected chi connectivity index (χ1v) is 8.36. The zero-order chi connectivity index (χ0) is 17.8. The average molecular weight is 355 g/mol. The fourth-order valence-electron chi connectivity index (χ4n) is 2.48. The minimum absolute atomic E-state index is 0.302. The molecule has 3 aromatic rings. The van der Waals surface area contributed by atoms with Crippen LogP contribution in [0.25, 0.3) is 11.4 Å². The lowest BCUT2D eigenvalue weighted by Crippen LogP contribution is -2.15. The summed E-state index contributed by atoms with van der Waals surface area (Å²) in [5, 5.41) is 14.2. The molecule has 2 heterocycles. The Morgan fingerprint density at radius 1 is 1.08 bits per heavy atom. The van der Waals surface area contributed by atoms with Crippen molar-refractivity contribution in [2.45, 2.75) is 20.0 Å². The first-order valence-electron chi connectivity index (χ1n) is 7.98. The molecule has 1 aromatic carbocycles. The van der Waals surface area contributed by atoms with Crippen LogP contribution in [-0.2, 0) is 0 Å². The second-order valence-corrected chi connectivity index (χ2v) is 6.17. The lowest BCUT2D eigenvalue weighted by molar-refractivity contribution is 0.191. The van der Waals surface area contributed by atoms with Crippen molar-refractivity contribution in [3.63, 3.8) is 0 Å². The highest BCUT2D eigenvalue weighted by Gasteiger charge is 2.14. The molecule has 0 aliphatic rings. The van der Waals surface area contributed by atoms with Crippen LogP contribution >= 0.6 is 11.6 Å². The normalized spacial score (nSPS) is 12.0. The lowest BCUT2D eigenvalue weighted by atomic mass is 10.1. The van der Waals surface area contributed by atoms with Crippen LogP contribution in [0, 0.1) is 13.8 Å². The monoisotopic (exact) mass is 354 g/mol. The van der Waals surface area contributed by atoms with Crippen LogP contribution in [0.15, 0.2) is 48.8 Å². The van der Waals surface area contributed by atoms with Gasteiger partial charge in [-0.05, 0) is 32.0 Å². The molecular weight excluding hydrogens is 336 g/mol. The number of aliphatic hydroxyl groups excluding tert-OH is 1. The Bertz CT molecular complexity index is 871. The van der Waals surface area contributed by atoms with E-state index in [1.807, 2.05) is 44.2 Å². The molecule has 3 rings (SSSR count). The van der Waals surface area contributed by atoms with Gasteiger partial charge in [0.15, 0.2) is 5.82 Å². The van der Waals surface area contributed by atoms with Crippen LogP contribution in [0.1, 0.15) is 22.9 Å². The van der Waals surface area contributed by atoms with Gasteiger partial charge in [-0.3, -0.25) is 4.98 Å². The molecule has 0 amide bonds. The second-order valence-electron chi connectivity index (χ2n) is 5.76. The molecule has 0 radical (unpaired) electrons.